The molecule has 22 rings (SSSR count). The van der Waals surface area contributed by atoms with Gasteiger partial charge in [-0.25, -0.2) is 49.8 Å². The van der Waals surface area contributed by atoms with Crippen molar-refractivity contribution in [3.63, 3.8) is 0 Å². The van der Waals surface area contributed by atoms with Gasteiger partial charge in [-0.1, -0.05) is 108 Å². The normalized spacial score (nSPS) is 17.1. The first-order chi connectivity index (χ1) is 61.6. The molecule has 0 radical (unpaired) electrons. The molecule has 634 valence electrons. The molecule has 20 heteroatoms. The Morgan fingerprint density at radius 1 is 0.305 bits per heavy atom. The summed E-state index contributed by atoms with van der Waals surface area (Å²) < 4.78 is 9.30. The van der Waals surface area contributed by atoms with Crippen molar-refractivity contribution in [1.29, 1.82) is 0 Å². The van der Waals surface area contributed by atoms with Gasteiger partial charge in [-0.2, -0.15) is 0 Å². The van der Waals surface area contributed by atoms with E-state index < -0.39 is 0 Å². The second-order valence-corrected chi connectivity index (χ2v) is 37.8. The second-order valence-electron chi connectivity index (χ2n) is 37.8. The van der Waals surface area contributed by atoms with Crippen LogP contribution in [0.2, 0.25) is 0 Å². The molecule has 1 spiro atoms. The van der Waals surface area contributed by atoms with E-state index in [1.807, 2.05) is 213 Å². The van der Waals surface area contributed by atoms with E-state index in [4.69, 9.17) is 24.9 Å². The first kappa shape index (κ1) is 84.2. The number of rotatable bonds is 0. The highest BCUT2D eigenvalue weighted by Gasteiger charge is 2.53. The maximum absolute atomic E-state index is 12.9. The van der Waals surface area contributed by atoms with E-state index >= 15 is 0 Å². The average molecular weight is 1690 g/mol. The number of nitrogens with zero attached hydrogens (tertiary/aromatic N) is 15. The molecule has 2 aliphatic carbocycles. The minimum Gasteiger partial charge on any atom is -0.296 e. The zero-order valence-corrected chi connectivity index (χ0v) is 73.8. The Hall–Kier alpha value is -14.7. The highest BCUT2D eigenvalue weighted by Crippen LogP contribution is 2.57. The molecule has 5 aromatic carbocycles. The van der Waals surface area contributed by atoms with Crippen molar-refractivity contribution in [3.8, 4) is 59.2 Å². The Morgan fingerprint density at radius 3 is 0.969 bits per heavy atom. The van der Waals surface area contributed by atoms with Crippen molar-refractivity contribution in [3.05, 3.63) is 349 Å². The topological polar surface area (TPSA) is 239 Å². The van der Waals surface area contributed by atoms with Crippen LogP contribution in [0.4, 0.5) is 0 Å². The molecule has 2 saturated carbocycles. The fraction of sp³-hybridized carbons (Fsp3) is 0.306. The lowest BCUT2D eigenvalue weighted by molar-refractivity contribution is 0.240. The van der Waals surface area contributed by atoms with Gasteiger partial charge in [0.15, 0.2) is 0 Å². The number of fused-ring (bicyclic) bond motifs is 11. The number of benzene rings is 5. The number of aryl methyl sites for hydroxylation is 7. The molecule has 15 heterocycles. The molecular formula is C108H97N15O5. The molecule has 10 aromatic heterocycles. The van der Waals surface area contributed by atoms with Crippen molar-refractivity contribution < 1.29 is 0 Å². The SMILES string of the molecule is CC12CC1Cc1nc3cc(C#Cc4ccccn4)ccc3c(=O)n1C2.Cc1ccc(C#Cc2ccc3c(=O)n4c(nc3c2)CCC(C)(C)C4)nc1.Cc1ccc(C#Cc2ccc3c(=O)n4c(nc3c2)CCC(C)(C)C4)nc1.Cc1cccc(C#Cc2ccc3c(=O)n4c(nc3c2)CCC(C)(C)C4)n1.O=c1c2ccc(C#Cc3ccccn3)cc2nc2n1CC1(CC2)CC1. The van der Waals surface area contributed by atoms with Crippen LogP contribution < -0.4 is 27.8 Å². The van der Waals surface area contributed by atoms with Crippen molar-refractivity contribution in [2.75, 3.05) is 0 Å². The highest BCUT2D eigenvalue weighted by molar-refractivity contribution is 5.83. The maximum Gasteiger partial charge on any atom is 0.261 e. The molecule has 2 fully saturated rings. The molecule has 20 nitrogen and oxygen atoms in total. The molecule has 2 unspecified atom stereocenters. The molecule has 2 atom stereocenters. The number of pyridine rings is 5. The smallest absolute Gasteiger partial charge is 0.261 e. The van der Waals surface area contributed by atoms with Crippen LogP contribution in [-0.4, -0.2) is 72.7 Å². The van der Waals surface area contributed by atoms with E-state index in [1.165, 1.54) is 19.3 Å². The summed E-state index contributed by atoms with van der Waals surface area (Å²) in [5, 5.41) is 3.33. The van der Waals surface area contributed by atoms with E-state index in [-0.39, 0.29) is 44.0 Å². The first-order valence-corrected chi connectivity index (χ1v) is 44.0. The summed E-state index contributed by atoms with van der Waals surface area (Å²) in [5.41, 5.74) is 16.2. The van der Waals surface area contributed by atoms with Gasteiger partial charge in [0.1, 0.15) is 57.6 Å². The fourth-order valence-electron chi connectivity index (χ4n) is 17.6. The van der Waals surface area contributed by atoms with Crippen LogP contribution in [0.3, 0.4) is 0 Å². The average Bonchev–Trinajstić information content (AvgIpc) is 1.54. The largest absolute Gasteiger partial charge is 0.296 e. The van der Waals surface area contributed by atoms with Gasteiger partial charge in [0.25, 0.3) is 27.8 Å². The summed E-state index contributed by atoms with van der Waals surface area (Å²) in [4.78, 5) is 109. The third-order valence-corrected chi connectivity index (χ3v) is 25.5. The van der Waals surface area contributed by atoms with Crippen LogP contribution >= 0.6 is 0 Å². The zero-order valence-electron chi connectivity index (χ0n) is 73.8. The van der Waals surface area contributed by atoms with Gasteiger partial charge in [0, 0.05) is 123 Å². The van der Waals surface area contributed by atoms with E-state index in [1.54, 1.807) is 24.8 Å². The molecule has 7 aliphatic rings. The van der Waals surface area contributed by atoms with Gasteiger partial charge in [-0.15, -0.1) is 0 Å². The Labute approximate surface area is 742 Å². The highest BCUT2D eigenvalue weighted by atomic mass is 16.1. The Bertz CT molecular complexity index is 7470. The van der Waals surface area contributed by atoms with Gasteiger partial charge in [-0.3, -0.25) is 46.8 Å². The predicted molar refractivity (Wildman–Crippen MR) is 502 cm³/mol. The molecule has 128 heavy (non-hydrogen) atoms. The van der Waals surface area contributed by atoms with Crippen LogP contribution in [0.15, 0.2) is 219 Å². The standard InChI is InChI=1S/3C22H21N3O.2C21H17N3O/c2*1-15-4-7-17(23-13-15)8-5-16-6-9-18-19(12-16)24-20-10-11-22(2,3)14-25(20)21(18)26;1-15-5-4-6-17(23-15)9-7-16-8-10-18-19(13-16)24-20-11-12-22(2,3)14-25(20)21(18)26;1-21-12-15(21)11-19-23-18-10-14(5-7-16-4-2-3-9-22-16)6-8-17(18)20(25)24(19)13-21;25-20-17-7-5-15(4-6-16-3-1-2-12-22-16)13-18(17)23-19-8-9-21(10-11-21)14-24(19)20/h2*4,6-7,9,12-13H,10-11,14H2,1-3H3;4-6,8,10,13H,11-12,14H2,1-3H3;2-4,6,8-10,15H,11-13H2,1H3;1-3,5,7,12-13H,8-11,14H2. The van der Waals surface area contributed by atoms with Crippen molar-refractivity contribution in [1.82, 2.24) is 72.7 Å². The van der Waals surface area contributed by atoms with Crippen LogP contribution in [0.25, 0.3) is 54.5 Å². The number of hydrogen-bond donors (Lipinski definition) is 0. The van der Waals surface area contributed by atoms with Crippen LogP contribution in [0.5, 0.6) is 0 Å². The first-order valence-electron chi connectivity index (χ1n) is 44.0. The Kier molecular flexibility index (Phi) is 22.6. The summed E-state index contributed by atoms with van der Waals surface area (Å²) >= 11 is 0. The van der Waals surface area contributed by atoms with Gasteiger partial charge >= 0.3 is 0 Å². The summed E-state index contributed by atoms with van der Waals surface area (Å²) in [7, 11) is 0. The molecule has 15 aromatic rings. The fourth-order valence-corrected chi connectivity index (χ4v) is 17.6. The monoisotopic (exact) mass is 1680 g/mol. The van der Waals surface area contributed by atoms with Crippen LogP contribution in [0.1, 0.15) is 196 Å². The lowest BCUT2D eigenvalue weighted by Gasteiger charge is -2.31. The zero-order chi connectivity index (χ0) is 88.8. The van der Waals surface area contributed by atoms with E-state index in [0.29, 0.717) is 43.7 Å². The third kappa shape index (κ3) is 18.8. The molecule has 5 aliphatic heterocycles. The summed E-state index contributed by atoms with van der Waals surface area (Å²) in [6.45, 7) is 25.2. The third-order valence-electron chi connectivity index (χ3n) is 25.5. The maximum atomic E-state index is 12.9. The lowest BCUT2D eigenvalue weighted by Crippen LogP contribution is -2.36. The van der Waals surface area contributed by atoms with Crippen LogP contribution in [0, 0.1) is 113 Å². The molecule has 0 bridgehead atoms. The van der Waals surface area contributed by atoms with Gasteiger partial charge < -0.3 is 0 Å². The summed E-state index contributed by atoms with van der Waals surface area (Å²) in [5.74, 6) is 36.1. The van der Waals surface area contributed by atoms with Gasteiger partial charge in [0.05, 0.1) is 54.5 Å². The number of aromatic nitrogens is 15. The molecule has 0 saturated heterocycles. The van der Waals surface area contributed by atoms with Crippen molar-refractivity contribution >= 4 is 54.5 Å². The molecule has 0 N–H and O–H groups in total. The summed E-state index contributed by atoms with van der Waals surface area (Å²) in [6, 6.07) is 53.1. The quantitative estimate of drug-likeness (QED) is 0.128. The van der Waals surface area contributed by atoms with Gasteiger partial charge in [-0.05, 0) is 279 Å². The molecule has 0 amide bonds. The van der Waals surface area contributed by atoms with Crippen LogP contribution in [-0.2, 0) is 64.8 Å². The number of hydrogen-bond acceptors (Lipinski definition) is 15. The van der Waals surface area contributed by atoms with E-state index in [0.717, 1.165) is 220 Å². The van der Waals surface area contributed by atoms with E-state index in [2.05, 4.69) is 133 Å². The molecular weight excluding hydrogens is 1590 g/mol. The van der Waals surface area contributed by atoms with Crippen molar-refractivity contribution in [2.45, 2.75) is 179 Å². The van der Waals surface area contributed by atoms with Crippen molar-refractivity contribution in [2.24, 2.45) is 33.0 Å². The Balaban J connectivity index is 0.000000108. The summed E-state index contributed by atoms with van der Waals surface area (Å²) in [6.07, 6.45) is 19.4. The minimum atomic E-state index is 0.0532. The Morgan fingerprint density at radius 2 is 0.633 bits per heavy atom. The van der Waals surface area contributed by atoms with Gasteiger partial charge in [0.2, 0.25) is 0 Å². The van der Waals surface area contributed by atoms with E-state index in [9.17, 15) is 24.0 Å². The minimum absolute atomic E-state index is 0.0532. The second kappa shape index (κ2) is 34.4. The predicted octanol–water partition coefficient (Wildman–Crippen LogP) is 16.1. The lowest BCUT2D eigenvalue weighted by atomic mass is 9.85.